The van der Waals surface area contributed by atoms with Gasteiger partial charge in [0.05, 0.1) is 22.6 Å². The molecule has 1 atom stereocenters. The summed E-state index contributed by atoms with van der Waals surface area (Å²) in [6.45, 7) is 0. The highest BCUT2D eigenvalue weighted by molar-refractivity contribution is 7.85. The number of anilines is 1. The third-order valence-corrected chi connectivity index (χ3v) is 5.33. The number of nitrogens with zero attached hydrogens (tertiary/aromatic N) is 2. The molecule has 1 aliphatic carbocycles. The molecule has 3 rings (SSSR count). The normalized spacial score (nSPS) is 30.1. The van der Waals surface area contributed by atoms with Crippen molar-refractivity contribution >= 4 is 28.2 Å². The first-order valence-electron chi connectivity index (χ1n) is 6.53. The Bertz CT molecular complexity index is 518. The Morgan fingerprint density at radius 2 is 2.00 bits per heavy atom. The Balaban J connectivity index is 1.83. The van der Waals surface area contributed by atoms with Gasteiger partial charge in [0.15, 0.2) is 0 Å². The average Bonchev–Trinajstić information content (AvgIpc) is 2.74. The van der Waals surface area contributed by atoms with Gasteiger partial charge in [0.1, 0.15) is 10.7 Å². The van der Waals surface area contributed by atoms with E-state index in [1.807, 2.05) is 0 Å². The molecule has 1 saturated carbocycles. The molecule has 19 heavy (non-hydrogen) atoms. The zero-order valence-electron chi connectivity index (χ0n) is 10.4. The number of aliphatic hydroxyl groups excluding tert-OH is 1. The van der Waals surface area contributed by atoms with Crippen LogP contribution in [-0.2, 0) is 17.2 Å². The van der Waals surface area contributed by atoms with Crippen LogP contribution in [0.3, 0.4) is 0 Å². The summed E-state index contributed by atoms with van der Waals surface area (Å²) in [7, 11) is -1.02. The van der Waals surface area contributed by atoms with E-state index >= 15 is 0 Å². The summed E-state index contributed by atoms with van der Waals surface area (Å²) < 4.78 is 12.0. The molecule has 0 bridgehead atoms. The molecule has 1 fully saturated rings. The van der Waals surface area contributed by atoms with Gasteiger partial charge in [-0.05, 0) is 37.3 Å². The Morgan fingerprint density at radius 3 is 2.74 bits per heavy atom. The van der Waals surface area contributed by atoms with Crippen molar-refractivity contribution in [2.45, 2.75) is 49.1 Å². The summed E-state index contributed by atoms with van der Waals surface area (Å²) >= 11 is 5.92. The second-order valence-electron chi connectivity index (χ2n) is 5.07. The quantitative estimate of drug-likeness (QED) is 0.810. The molecule has 0 unspecified atom stereocenters. The lowest BCUT2D eigenvalue weighted by Gasteiger charge is -2.27. The minimum Gasteiger partial charge on any atom is -0.393 e. The van der Waals surface area contributed by atoms with Crippen molar-refractivity contribution in [2.75, 3.05) is 11.1 Å². The SMILES string of the molecule is O=[S@]1CCc2nc(Cl)nc(NC3CCC(O)CC3)c21. The molecular weight excluding hydrogens is 286 g/mol. The molecule has 0 spiro atoms. The second-order valence-corrected chi connectivity index (χ2v) is 6.91. The molecular formula is C12H16ClN3O2S. The first-order chi connectivity index (χ1) is 9.13. The smallest absolute Gasteiger partial charge is 0.224 e. The van der Waals surface area contributed by atoms with Crippen molar-refractivity contribution in [3.8, 4) is 0 Å². The number of hydrogen-bond donors (Lipinski definition) is 2. The van der Waals surface area contributed by atoms with Gasteiger partial charge in [-0.2, -0.15) is 4.98 Å². The van der Waals surface area contributed by atoms with Crippen LogP contribution in [0.25, 0.3) is 0 Å². The molecule has 0 aromatic carbocycles. The molecule has 2 N–H and O–H groups in total. The van der Waals surface area contributed by atoms with E-state index in [4.69, 9.17) is 11.6 Å². The summed E-state index contributed by atoms with van der Waals surface area (Å²) in [5.41, 5.74) is 0.802. The Labute approximate surface area is 119 Å². The summed E-state index contributed by atoms with van der Waals surface area (Å²) in [4.78, 5) is 9.07. The Hall–Kier alpha value is -0.720. The van der Waals surface area contributed by atoms with Gasteiger partial charge in [0.2, 0.25) is 5.28 Å². The van der Waals surface area contributed by atoms with E-state index < -0.39 is 10.8 Å². The first-order valence-corrected chi connectivity index (χ1v) is 8.22. The highest BCUT2D eigenvalue weighted by atomic mass is 35.5. The van der Waals surface area contributed by atoms with Gasteiger partial charge in [0, 0.05) is 18.2 Å². The van der Waals surface area contributed by atoms with Crippen LogP contribution in [-0.4, -0.2) is 37.2 Å². The second kappa shape index (κ2) is 5.34. The highest BCUT2D eigenvalue weighted by Gasteiger charge is 2.27. The number of rotatable bonds is 2. The molecule has 0 saturated heterocycles. The van der Waals surface area contributed by atoms with E-state index in [0.717, 1.165) is 36.3 Å². The number of fused-ring (bicyclic) bond motifs is 1. The number of aryl methyl sites for hydroxylation is 1. The fourth-order valence-electron chi connectivity index (χ4n) is 2.68. The summed E-state index contributed by atoms with van der Waals surface area (Å²) in [5, 5.41) is 13.0. The lowest BCUT2D eigenvalue weighted by Crippen LogP contribution is -2.29. The first kappa shape index (κ1) is 13.3. The molecule has 0 radical (unpaired) electrons. The van der Waals surface area contributed by atoms with Crippen LogP contribution < -0.4 is 5.32 Å². The summed E-state index contributed by atoms with van der Waals surface area (Å²) in [5.74, 6) is 1.22. The lowest BCUT2D eigenvalue weighted by atomic mass is 9.93. The van der Waals surface area contributed by atoms with E-state index in [0.29, 0.717) is 18.0 Å². The van der Waals surface area contributed by atoms with E-state index in [1.54, 1.807) is 0 Å². The van der Waals surface area contributed by atoms with Gasteiger partial charge in [-0.15, -0.1) is 0 Å². The van der Waals surface area contributed by atoms with Gasteiger partial charge in [0.25, 0.3) is 0 Å². The molecule has 0 amide bonds. The standard InChI is InChI=1S/C12H16ClN3O2S/c13-12-15-9-5-6-19(18)10(9)11(16-12)14-7-1-3-8(17)4-2-7/h7-8,17H,1-6H2,(H,14,15,16)/t7?,8?,19-/m0/s1. The molecule has 104 valence electrons. The molecule has 7 heteroatoms. The topological polar surface area (TPSA) is 75.1 Å². The van der Waals surface area contributed by atoms with E-state index in [2.05, 4.69) is 15.3 Å². The van der Waals surface area contributed by atoms with Crippen LogP contribution in [0, 0.1) is 0 Å². The van der Waals surface area contributed by atoms with Crippen molar-refractivity contribution < 1.29 is 9.32 Å². The van der Waals surface area contributed by atoms with Crippen molar-refractivity contribution in [3.63, 3.8) is 0 Å². The molecule has 2 heterocycles. The summed E-state index contributed by atoms with van der Waals surface area (Å²) in [6.07, 6.45) is 3.88. The molecule has 2 aliphatic rings. The molecule has 1 aromatic heterocycles. The van der Waals surface area contributed by atoms with Crippen molar-refractivity contribution in [2.24, 2.45) is 0 Å². The highest BCUT2D eigenvalue weighted by Crippen LogP contribution is 2.31. The van der Waals surface area contributed by atoms with Gasteiger partial charge < -0.3 is 10.4 Å². The maximum atomic E-state index is 12.0. The third kappa shape index (κ3) is 2.75. The number of nitrogens with one attached hydrogen (secondary N) is 1. The zero-order chi connectivity index (χ0) is 13.4. The van der Waals surface area contributed by atoms with Crippen LogP contribution in [0.5, 0.6) is 0 Å². The van der Waals surface area contributed by atoms with E-state index in [1.165, 1.54) is 0 Å². The van der Waals surface area contributed by atoms with Gasteiger partial charge in [-0.1, -0.05) is 0 Å². The monoisotopic (exact) mass is 301 g/mol. The largest absolute Gasteiger partial charge is 0.393 e. The van der Waals surface area contributed by atoms with Crippen LogP contribution in [0.1, 0.15) is 31.4 Å². The fraction of sp³-hybridized carbons (Fsp3) is 0.667. The van der Waals surface area contributed by atoms with Gasteiger partial charge in [-0.3, -0.25) is 4.21 Å². The molecule has 1 aromatic rings. The number of aromatic nitrogens is 2. The van der Waals surface area contributed by atoms with Crippen LogP contribution in [0.15, 0.2) is 4.90 Å². The van der Waals surface area contributed by atoms with Gasteiger partial charge in [-0.25, -0.2) is 4.98 Å². The minimum absolute atomic E-state index is 0.188. The number of aliphatic hydroxyl groups is 1. The van der Waals surface area contributed by atoms with Crippen molar-refractivity contribution in [1.29, 1.82) is 0 Å². The average molecular weight is 302 g/mol. The minimum atomic E-state index is -1.02. The van der Waals surface area contributed by atoms with Gasteiger partial charge >= 0.3 is 0 Å². The lowest BCUT2D eigenvalue weighted by molar-refractivity contribution is 0.126. The van der Waals surface area contributed by atoms with E-state index in [-0.39, 0.29) is 17.4 Å². The predicted octanol–water partition coefficient (Wildman–Crippen LogP) is 1.51. The maximum absolute atomic E-state index is 12.0. The van der Waals surface area contributed by atoms with E-state index in [9.17, 15) is 9.32 Å². The van der Waals surface area contributed by atoms with Crippen LogP contribution in [0.4, 0.5) is 5.82 Å². The zero-order valence-corrected chi connectivity index (χ0v) is 12.0. The maximum Gasteiger partial charge on any atom is 0.224 e. The molecule has 1 aliphatic heterocycles. The van der Waals surface area contributed by atoms with Crippen LogP contribution >= 0.6 is 11.6 Å². The van der Waals surface area contributed by atoms with Crippen molar-refractivity contribution in [3.05, 3.63) is 11.0 Å². The molecule has 5 nitrogen and oxygen atoms in total. The van der Waals surface area contributed by atoms with Crippen LogP contribution in [0.2, 0.25) is 5.28 Å². The predicted molar refractivity (Wildman–Crippen MR) is 73.9 cm³/mol. The Morgan fingerprint density at radius 1 is 1.26 bits per heavy atom. The number of halogens is 1. The Kier molecular flexibility index (Phi) is 3.73. The number of hydrogen-bond acceptors (Lipinski definition) is 5. The summed E-state index contributed by atoms with van der Waals surface area (Å²) in [6, 6.07) is 0.260. The fourth-order valence-corrected chi connectivity index (χ4v) is 4.18. The van der Waals surface area contributed by atoms with Crippen molar-refractivity contribution in [1.82, 2.24) is 9.97 Å². The third-order valence-electron chi connectivity index (χ3n) is 3.70.